The van der Waals surface area contributed by atoms with Gasteiger partial charge in [-0.2, -0.15) is 13.2 Å². The lowest BCUT2D eigenvalue weighted by molar-refractivity contribution is -0.167. The Balaban J connectivity index is 5.28. The number of allylic oxidation sites excluding steroid dienone is 1. The van der Waals surface area contributed by atoms with Crippen LogP contribution in [-0.4, -0.2) is 28.1 Å². The second-order valence-corrected chi connectivity index (χ2v) is 6.19. The van der Waals surface area contributed by atoms with Crippen LogP contribution in [0.15, 0.2) is 11.8 Å². The van der Waals surface area contributed by atoms with Crippen LogP contribution in [0.25, 0.3) is 0 Å². The average molecular weight is 342 g/mol. The van der Waals surface area contributed by atoms with Gasteiger partial charge in [-0.1, -0.05) is 48.7 Å². The third-order valence-corrected chi connectivity index (χ3v) is 2.15. The number of ketones is 2. The first-order chi connectivity index (χ1) is 8.37. The zero-order valence-electron chi connectivity index (χ0n) is 9.85. The van der Waals surface area contributed by atoms with Gasteiger partial charge in [0.2, 0.25) is 5.78 Å². The van der Waals surface area contributed by atoms with E-state index in [1.165, 1.54) is 0 Å². The molecule has 0 spiro atoms. The predicted octanol–water partition coefficient (Wildman–Crippen LogP) is 3.61. The van der Waals surface area contributed by atoms with Crippen molar-refractivity contribution in [2.75, 3.05) is 6.61 Å². The Morgan fingerprint density at radius 1 is 1.16 bits per heavy atom. The first-order valence-electron chi connectivity index (χ1n) is 4.92. The van der Waals surface area contributed by atoms with Gasteiger partial charge in [0.05, 0.1) is 12.9 Å². The van der Waals surface area contributed by atoms with Crippen LogP contribution in [0.1, 0.15) is 13.8 Å². The molecule has 19 heavy (non-hydrogen) atoms. The van der Waals surface area contributed by atoms with Gasteiger partial charge in [0.15, 0.2) is 0 Å². The summed E-state index contributed by atoms with van der Waals surface area (Å²) in [6.07, 6.45) is -4.89. The Morgan fingerprint density at radius 2 is 1.63 bits per heavy atom. The van der Waals surface area contributed by atoms with Crippen molar-refractivity contribution >= 4 is 46.4 Å². The molecule has 0 atom stereocenters. The van der Waals surface area contributed by atoms with Crippen LogP contribution in [0.4, 0.5) is 13.2 Å². The highest BCUT2D eigenvalue weighted by Crippen LogP contribution is 2.32. The lowest BCUT2D eigenvalue weighted by atomic mass is 10.1. The molecule has 0 aliphatic rings. The van der Waals surface area contributed by atoms with E-state index in [0.717, 1.165) is 0 Å². The molecule has 0 aromatic rings. The molecule has 0 radical (unpaired) electrons. The van der Waals surface area contributed by atoms with E-state index in [2.05, 4.69) is 0 Å². The molecule has 0 aliphatic heterocycles. The summed E-state index contributed by atoms with van der Waals surface area (Å²) < 4.78 is 39.0. The largest absolute Gasteiger partial charge is 0.500 e. The van der Waals surface area contributed by atoms with E-state index < -0.39 is 27.1 Å². The quantitative estimate of drug-likeness (QED) is 0.252. The van der Waals surface area contributed by atoms with Crippen molar-refractivity contribution in [1.29, 1.82) is 0 Å². The Labute approximate surface area is 122 Å². The zero-order valence-corrected chi connectivity index (χ0v) is 12.1. The van der Waals surface area contributed by atoms with Gasteiger partial charge in [0.1, 0.15) is 5.57 Å². The predicted molar refractivity (Wildman–Crippen MR) is 65.2 cm³/mol. The average Bonchev–Trinajstić information content (AvgIpc) is 2.19. The highest BCUT2D eigenvalue weighted by Gasteiger charge is 2.47. The summed E-state index contributed by atoms with van der Waals surface area (Å²) in [4.78, 5) is 22.5. The molecule has 9 heteroatoms. The summed E-state index contributed by atoms with van der Waals surface area (Å²) in [6.45, 7) is 3.44. The van der Waals surface area contributed by atoms with Crippen molar-refractivity contribution < 1.29 is 27.5 Å². The molecule has 0 aliphatic carbocycles. The monoisotopic (exact) mass is 340 g/mol. The summed E-state index contributed by atoms with van der Waals surface area (Å²) in [5, 5.41) is 0. The Kier molecular flexibility index (Phi) is 6.65. The topological polar surface area (TPSA) is 43.4 Å². The van der Waals surface area contributed by atoms with Crippen molar-refractivity contribution in [2.24, 2.45) is 5.92 Å². The van der Waals surface area contributed by atoms with Gasteiger partial charge in [-0.25, -0.2) is 0 Å². The normalized spacial score (nSPS) is 13.6. The number of alkyl halides is 6. The summed E-state index contributed by atoms with van der Waals surface area (Å²) in [5.74, 6) is -4.04. The number of carbonyl (C=O) groups excluding carboxylic acids is 2. The SMILES string of the molecule is CC(C)COC=C(C(=O)C(F)(F)F)C(=O)C(Cl)(Cl)Cl. The molecule has 0 saturated carbocycles. The molecular weight excluding hydrogens is 331 g/mol. The highest BCUT2D eigenvalue weighted by molar-refractivity contribution is 6.78. The van der Waals surface area contributed by atoms with Crippen LogP contribution >= 0.6 is 34.8 Å². The molecule has 0 rings (SSSR count). The Hall–Kier alpha value is -0.460. The molecule has 0 aromatic heterocycles. The fraction of sp³-hybridized carbons (Fsp3) is 0.600. The van der Waals surface area contributed by atoms with Gasteiger partial charge in [0.25, 0.3) is 9.58 Å². The maximum absolute atomic E-state index is 12.3. The maximum atomic E-state index is 12.3. The Morgan fingerprint density at radius 3 is 1.95 bits per heavy atom. The van der Waals surface area contributed by atoms with E-state index in [9.17, 15) is 22.8 Å². The number of hydrogen-bond acceptors (Lipinski definition) is 3. The van der Waals surface area contributed by atoms with Gasteiger partial charge in [-0.15, -0.1) is 0 Å². The third kappa shape index (κ3) is 6.49. The van der Waals surface area contributed by atoms with Gasteiger partial charge in [-0.3, -0.25) is 9.59 Å². The molecular formula is C10H10Cl3F3O3. The molecule has 0 N–H and O–H groups in total. The van der Waals surface area contributed by atoms with Gasteiger partial charge < -0.3 is 4.74 Å². The molecule has 0 fully saturated rings. The molecule has 0 amide bonds. The standard InChI is InChI=1S/C10H10Cl3F3O3/c1-5(2)3-19-4-6(7(17)9(11,12)13)8(18)10(14,15)16/h4-5H,3H2,1-2H3. The Bertz CT molecular complexity index is 356. The number of halogens is 6. The first-order valence-corrected chi connectivity index (χ1v) is 6.05. The number of rotatable bonds is 5. The number of ether oxygens (including phenoxy) is 1. The van der Waals surface area contributed by atoms with E-state index in [-0.39, 0.29) is 12.5 Å². The van der Waals surface area contributed by atoms with Crippen molar-refractivity contribution in [1.82, 2.24) is 0 Å². The number of carbonyl (C=O) groups is 2. The molecule has 110 valence electrons. The molecule has 0 saturated heterocycles. The van der Waals surface area contributed by atoms with Crippen molar-refractivity contribution in [2.45, 2.75) is 23.8 Å². The minimum atomic E-state index is -5.27. The van der Waals surface area contributed by atoms with Crippen LogP contribution in [-0.2, 0) is 14.3 Å². The molecule has 0 bridgehead atoms. The molecule has 0 aromatic carbocycles. The van der Waals surface area contributed by atoms with Crippen LogP contribution in [0.5, 0.6) is 0 Å². The third-order valence-electron chi connectivity index (χ3n) is 1.63. The smallest absolute Gasteiger partial charge is 0.455 e. The molecule has 3 nitrogen and oxygen atoms in total. The van der Waals surface area contributed by atoms with E-state index >= 15 is 0 Å². The molecule has 0 unspecified atom stereocenters. The number of hydrogen-bond donors (Lipinski definition) is 0. The second kappa shape index (κ2) is 6.81. The summed E-state index contributed by atoms with van der Waals surface area (Å²) in [5.41, 5.74) is -1.35. The van der Waals surface area contributed by atoms with E-state index in [4.69, 9.17) is 39.5 Å². The van der Waals surface area contributed by atoms with Crippen LogP contribution in [0.3, 0.4) is 0 Å². The fourth-order valence-electron chi connectivity index (χ4n) is 0.839. The lowest BCUT2D eigenvalue weighted by Gasteiger charge is -2.14. The minimum absolute atomic E-state index is 0.00176. The van der Waals surface area contributed by atoms with Gasteiger partial charge in [0, 0.05) is 0 Å². The van der Waals surface area contributed by atoms with E-state index in [0.29, 0.717) is 6.26 Å². The van der Waals surface area contributed by atoms with Gasteiger partial charge >= 0.3 is 6.18 Å². The van der Waals surface area contributed by atoms with Crippen LogP contribution in [0.2, 0.25) is 0 Å². The zero-order chi connectivity index (χ0) is 15.4. The summed E-state index contributed by atoms with van der Waals surface area (Å²) in [6, 6.07) is 0. The number of Topliss-reactive ketones (excluding diaryl/α,β-unsaturated/α-hetero) is 2. The second-order valence-electron chi connectivity index (χ2n) is 3.91. The maximum Gasteiger partial charge on any atom is 0.455 e. The van der Waals surface area contributed by atoms with Crippen LogP contribution < -0.4 is 0 Å². The van der Waals surface area contributed by atoms with E-state index in [1.807, 2.05) is 0 Å². The van der Waals surface area contributed by atoms with Crippen LogP contribution in [0, 0.1) is 5.92 Å². The summed E-state index contributed by atoms with van der Waals surface area (Å²) in [7, 11) is 0. The van der Waals surface area contributed by atoms with E-state index in [1.54, 1.807) is 13.8 Å². The minimum Gasteiger partial charge on any atom is -0.500 e. The lowest BCUT2D eigenvalue weighted by Crippen LogP contribution is -2.33. The van der Waals surface area contributed by atoms with Crippen molar-refractivity contribution in [3.8, 4) is 0 Å². The fourth-order valence-corrected chi connectivity index (χ4v) is 1.14. The van der Waals surface area contributed by atoms with Crippen molar-refractivity contribution in [3.05, 3.63) is 11.8 Å². The summed E-state index contributed by atoms with van der Waals surface area (Å²) >= 11 is 15.5. The van der Waals surface area contributed by atoms with Crippen molar-refractivity contribution in [3.63, 3.8) is 0 Å². The molecule has 0 heterocycles. The highest BCUT2D eigenvalue weighted by atomic mass is 35.6. The van der Waals surface area contributed by atoms with Gasteiger partial charge in [-0.05, 0) is 5.92 Å². The first kappa shape index (κ1) is 18.5.